The maximum Gasteiger partial charge on any atom is 0.132 e. The van der Waals surface area contributed by atoms with Crippen molar-refractivity contribution in [3.63, 3.8) is 0 Å². The predicted molar refractivity (Wildman–Crippen MR) is 70.6 cm³/mol. The Morgan fingerprint density at radius 1 is 0.938 bits per heavy atom. The summed E-state index contributed by atoms with van der Waals surface area (Å²) >= 11 is 0. The van der Waals surface area contributed by atoms with E-state index in [1.807, 2.05) is 49.4 Å². The Kier molecular flexibility index (Phi) is 3.26. The molecule has 1 unspecified atom stereocenters. The van der Waals surface area contributed by atoms with E-state index in [-0.39, 0.29) is 0 Å². The molecule has 0 spiro atoms. The summed E-state index contributed by atoms with van der Waals surface area (Å²) in [7, 11) is -1.84. The molecule has 0 aromatic heterocycles. The number of aryl methyl sites for hydroxylation is 2. The molecule has 1 atom stereocenters. The molecule has 0 aliphatic rings. The van der Waals surface area contributed by atoms with Crippen LogP contribution in [0.3, 0.4) is 0 Å². The van der Waals surface area contributed by atoms with Gasteiger partial charge in [-0.25, -0.2) is 0 Å². The lowest BCUT2D eigenvalue weighted by molar-refractivity contribution is 0.598. The largest absolute Gasteiger partial charge is 0.317 e. The zero-order valence-electron chi connectivity index (χ0n) is 9.53. The van der Waals surface area contributed by atoms with Crippen molar-refractivity contribution in [2.45, 2.75) is 13.8 Å². The SMILES string of the molecule is Cc1ccc([PH](=O)c2ccccc2)c(C)c1. The van der Waals surface area contributed by atoms with Gasteiger partial charge in [-0.05, 0) is 19.4 Å². The first-order valence-corrected chi connectivity index (χ1v) is 6.76. The molecule has 2 aromatic rings. The van der Waals surface area contributed by atoms with Crippen molar-refractivity contribution in [3.05, 3.63) is 59.7 Å². The summed E-state index contributed by atoms with van der Waals surface area (Å²) in [6.07, 6.45) is 0. The first-order chi connectivity index (χ1) is 7.68. The van der Waals surface area contributed by atoms with Crippen LogP contribution in [-0.2, 0) is 4.57 Å². The Morgan fingerprint density at radius 2 is 1.62 bits per heavy atom. The molecule has 0 aliphatic heterocycles. The summed E-state index contributed by atoms with van der Waals surface area (Å²) in [4.78, 5) is 0. The van der Waals surface area contributed by atoms with Crippen molar-refractivity contribution in [2.75, 3.05) is 0 Å². The van der Waals surface area contributed by atoms with Gasteiger partial charge < -0.3 is 4.57 Å². The highest BCUT2D eigenvalue weighted by molar-refractivity contribution is 7.61. The molecular formula is C14H15OP. The zero-order chi connectivity index (χ0) is 11.5. The minimum absolute atomic E-state index is 0.930. The first kappa shape index (κ1) is 11.2. The highest BCUT2D eigenvalue weighted by Gasteiger charge is 2.08. The predicted octanol–water partition coefficient (Wildman–Crippen LogP) is 2.81. The minimum atomic E-state index is -1.84. The van der Waals surface area contributed by atoms with Crippen LogP contribution in [0.25, 0.3) is 0 Å². The quantitative estimate of drug-likeness (QED) is 0.725. The van der Waals surface area contributed by atoms with Gasteiger partial charge >= 0.3 is 0 Å². The molecule has 1 nitrogen and oxygen atoms in total. The number of rotatable bonds is 2. The Balaban J connectivity index is 2.42. The molecule has 16 heavy (non-hydrogen) atoms. The lowest BCUT2D eigenvalue weighted by atomic mass is 10.2. The van der Waals surface area contributed by atoms with Crippen LogP contribution in [0.2, 0.25) is 0 Å². The third kappa shape index (κ3) is 2.25. The van der Waals surface area contributed by atoms with E-state index in [4.69, 9.17) is 0 Å². The van der Waals surface area contributed by atoms with Crippen molar-refractivity contribution in [1.82, 2.24) is 0 Å². The smallest absolute Gasteiger partial charge is 0.132 e. The molecular weight excluding hydrogens is 215 g/mol. The number of hydrogen-bond acceptors (Lipinski definition) is 1. The molecule has 2 aromatic carbocycles. The topological polar surface area (TPSA) is 17.1 Å². The van der Waals surface area contributed by atoms with Crippen LogP contribution in [-0.4, -0.2) is 0 Å². The van der Waals surface area contributed by atoms with E-state index in [1.165, 1.54) is 5.56 Å². The molecule has 2 rings (SSSR count). The van der Waals surface area contributed by atoms with E-state index < -0.39 is 7.80 Å². The second-order valence-electron chi connectivity index (χ2n) is 4.01. The number of benzene rings is 2. The van der Waals surface area contributed by atoms with Crippen LogP contribution < -0.4 is 10.6 Å². The van der Waals surface area contributed by atoms with Crippen molar-refractivity contribution < 1.29 is 4.57 Å². The molecule has 0 N–H and O–H groups in total. The molecule has 0 heterocycles. The van der Waals surface area contributed by atoms with Crippen molar-refractivity contribution in [1.29, 1.82) is 0 Å². The molecule has 0 saturated heterocycles. The molecule has 2 heteroatoms. The van der Waals surface area contributed by atoms with Crippen molar-refractivity contribution in [2.24, 2.45) is 0 Å². The van der Waals surface area contributed by atoms with Gasteiger partial charge in [0.05, 0.1) is 0 Å². The minimum Gasteiger partial charge on any atom is -0.317 e. The Morgan fingerprint density at radius 3 is 2.25 bits per heavy atom. The molecule has 0 fully saturated rings. The average Bonchev–Trinajstić information content (AvgIpc) is 2.29. The second-order valence-corrected chi connectivity index (χ2v) is 5.79. The van der Waals surface area contributed by atoms with Crippen LogP contribution in [0.1, 0.15) is 11.1 Å². The fourth-order valence-electron chi connectivity index (χ4n) is 1.81. The second kappa shape index (κ2) is 4.67. The third-order valence-corrected chi connectivity index (χ3v) is 4.57. The zero-order valence-corrected chi connectivity index (χ0v) is 10.5. The van der Waals surface area contributed by atoms with E-state index in [0.29, 0.717) is 0 Å². The summed E-state index contributed by atoms with van der Waals surface area (Å²) in [6, 6.07) is 15.8. The maximum absolute atomic E-state index is 12.4. The highest BCUT2D eigenvalue weighted by Crippen LogP contribution is 2.21. The van der Waals surface area contributed by atoms with E-state index in [2.05, 4.69) is 13.0 Å². The van der Waals surface area contributed by atoms with Gasteiger partial charge in [0.25, 0.3) is 0 Å². The van der Waals surface area contributed by atoms with Crippen LogP contribution >= 0.6 is 7.80 Å². The summed E-state index contributed by atoms with van der Waals surface area (Å²) in [5.41, 5.74) is 2.33. The van der Waals surface area contributed by atoms with Crippen LogP contribution in [0.4, 0.5) is 0 Å². The Hall–Kier alpha value is -1.33. The summed E-state index contributed by atoms with van der Waals surface area (Å²) in [5, 5.41) is 1.90. The number of hydrogen-bond donors (Lipinski definition) is 0. The fourth-order valence-corrected chi connectivity index (χ4v) is 3.28. The maximum atomic E-state index is 12.4. The van der Waals surface area contributed by atoms with Gasteiger partial charge in [0, 0.05) is 10.6 Å². The lowest BCUT2D eigenvalue weighted by Crippen LogP contribution is -2.09. The van der Waals surface area contributed by atoms with Gasteiger partial charge in [-0.3, -0.25) is 0 Å². The van der Waals surface area contributed by atoms with Crippen molar-refractivity contribution in [3.8, 4) is 0 Å². The van der Waals surface area contributed by atoms with Crippen LogP contribution in [0.15, 0.2) is 48.5 Å². The summed E-state index contributed by atoms with van der Waals surface area (Å²) < 4.78 is 12.4. The Bertz CT molecular complexity index is 518. The molecule has 82 valence electrons. The van der Waals surface area contributed by atoms with E-state index in [9.17, 15) is 4.57 Å². The van der Waals surface area contributed by atoms with Gasteiger partial charge in [0.2, 0.25) is 0 Å². The van der Waals surface area contributed by atoms with Gasteiger partial charge in [-0.15, -0.1) is 0 Å². The van der Waals surface area contributed by atoms with E-state index in [1.54, 1.807) is 0 Å². The Labute approximate surface area is 96.9 Å². The molecule has 0 aliphatic carbocycles. The standard InChI is InChI=1S/C14H15OP/c1-11-8-9-14(12(2)10-11)16(15)13-6-4-3-5-7-13/h3-10,16H,1-2H3. The lowest BCUT2D eigenvalue weighted by Gasteiger charge is -2.07. The van der Waals surface area contributed by atoms with E-state index in [0.717, 1.165) is 16.2 Å². The summed E-state index contributed by atoms with van der Waals surface area (Å²) in [5.74, 6) is 0. The normalized spacial score (nSPS) is 12.4. The fraction of sp³-hybridized carbons (Fsp3) is 0.143. The average molecular weight is 230 g/mol. The third-order valence-electron chi connectivity index (χ3n) is 2.66. The van der Waals surface area contributed by atoms with Gasteiger partial charge in [-0.1, -0.05) is 54.1 Å². The molecule has 0 amide bonds. The summed E-state index contributed by atoms with van der Waals surface area (Å²) in [6.45, 7) is 4.07. The molecule has 0 radical (unpaired) electrons. The van der Waals surface area contributed by atoms with Crippen LogP contribution in [0, 0.1) is 13.8 Å². The van der Waals surface area contributed by atoms with Gasteiger partial charge in [0.15, 0.2) is 0 Å². The monoisotopic (exact) mass is 230 g/mol. The van der Waals surface area contributed by atoms with E-state index >= 15 is 0 Å². The molecule has 0 bridgehead atoms. The van der Waals surface area contributed by atoms with Gasteiger partial charge in [-0.2, -0.15) is 0 Å². The van der Waals surface area contributed by atoms with Gasteiger partial charge in [0.1, 0.15) is 7.80 Å². The highest BCUT2D eigenvalue weighted by atomic mass is 31.1. The van der Waals surface area contributed by atoms with Crippen molar-refractivity contribution >= 4 is 18.4 Å². The first-order valence-electron chi connectivity index (χ1n) is 5.35. The molecule has 0 saturated carbocycles. The van der Waals surface area contributed by atoms with Crippen LogP contribution in [0.5, 0.6) is 0 Å².